The number of nitrogens with one attached hydrogen (secondary N) is 1. The van der Waals surface area contributed by atoms with Crippen LogP contribution in [0.4, 0.5) is 10.5 Å². The number of ether oxygens (including phenoxy) is 2. The van der Waals surface area contributed by atoms with Crippen molar-refractivity contribution in [3.63, 3.8) is 0 Å². The minimum absolute atomic E-state index is 0.0977. The number of carbonyl (C=O) groups excluding carboxylic acids is 2. The highest BCUT2D eigenvalue weighted by molar-refractivity contribution is 6.04. The van der Waals surface area contributed by atoms with Crippen molar-refractivity contribution in [3.8, 4) is 11.3 Å². The average molecular weight is 372 g/mol. The van der Waals surface area contributed by atoms with E-state index in [-0.39, 0.29) is 17.1 Å². The second-order valence-electron chi connectivity index (χ2n) is 6.57. The molecule has 1 aromatic heterocycles. The lowest BCUT2D eigenvalue weighted by atomic mass is 10.1. The lowest BCUT2D eigenvalue weighted by molar-refractivity contribution is 0.0576. The van der Waals surface area contributed by atoms with Crippen molar-refractivity contribution in [3.05, 3.63) is 47.7 Å². The first kappa shape index (κ1) is 19.9. The monoisotopic (exact) mass is 372 g/mol. The van der Waals surface area contributed by atoms with Gasteiger partial charge in [0.25, 0.3) is 0 Å². The first-order chi connectivity index (χ1) is 12.6. The van der Waals surface area contributed by atoms with Crippen LogP contribution in [-0.2, 0) is 9.47 Å². The number of esters is 1. The maximum atomic E-state index is 12.2. The predicted molar refractivity (Wildman–Crippen MR) is 97.8 cm³/mol. The fraction of sp³-hybridized carbons (Fsp3) is 0.263. The van der Waals surface area contributed by atoms with E-state index >= 15 is 0 Å². The van der Waals surface area contributed by atoms with Gasteiger partial charge in [-0.3, -0.25) is 5.32 Å². The van der Waals surface area contributed by atoms with Gasteiger partial charge in [0.2, 0.25) is 0 Å². The van der Waals surface area contributed by atoms with Crippen molar-refractivity contribution < 1.29 is 29.0 Å². The molecule has 0 spiro atoms. The molecule has 1 heterocycles. The number of nitrogens with zero attached hydrogens (tertiary/aromatic N) is 1. The Morgan fingerprint density at radius 1 is 1.11 bits per heavy atom. The second-order valence-corrected chi connectivity index (χ2v) is 6.57. The zero-order chi connectivity index (χ0) is 20.2. The third kappa shape index (κ3) is 5.04. The van der Waals surface area contributed by atoms with Crippen LogP contribution in [0, 0.1) is 0 Å². The quantitative estimate of drug-likeness (QED) is 0.788. The lowest BCUT2D eigenvalue weighted by Crippen LogP contribution is -2.27. The van der Waals surface area contributed by atoms with E-state index in [0.717, 1.165) is 13.2 Å². The van der Waals surface area contributed by atoms with E-state index in [9.17, 15) is 19.5 Å². The number of pyridine rings is 1. The van der Waals surface area contributed by atoms with Crippen molar-refractivity contribution >= 4 is 23.7 Å². The van der Waals surface area contributed by atoms with Gasteiger partial charge in [-0.15, -0.1) is 0 Å². The SMILES string of the molecule is COC(=O)c1nc(-c2ccccc2)c(NC(=O)OC(C)(C)C)cc1C(=O)O. The Bertz CT molecular complexity index is 872. The largest absolute Gasteiger partial charge is 0.478 e. The Balaban J connectivity index is 2.62. The fourth-order valence-electron chi connectivity index (χ4n) is 2.25. The fourth-order valence-corrected chi connectivity index (χ4v) is 2.25. The number of carbonyl (C=O) groups is 3. The standard InChI is InChI=1S/C19H20N2O6/c1-19(2,3)27-18(25)20-13-10-12(16(22)23)15(17(24)26-4)21-14(13)11-8-6-5-7-9-11/h5-10H,1-4H3,(H,20,25)(H,22,23). The third-order valence-corrected chi connectivity index (χ3v) is 3.31. The molecule has 0 unspecified atom stereocenters. The molecule has 2 aromatic rings. The maximum Gasteiger partial charge on any atom is 0.412 e. The van der Waals surface area contributed by atoms with Gasteiger partial charge in [0.1, 0.15) is 5.60 Å². The summed E-state index contributed by atoms with van der Waals surface area (Å²) in [7, 11) is 1.13. The summed E-state index contributed by atoms with van der Waals surface area (Å²) >= 11 is 0. The molecular formula is C19H20N2O6. The number of carboxylic acids is 1. The van der Waals surface area contributed by atoms with Gasteiger partial charge in [-0.05, 0) is 26.8 Å². The number of aromatic carboxylic acids is 1. The van der Waals surface area contributed by atoms with Crippen LogP contribution < -0.4 is 5.32 Å². The molecule has 2 rings (SSSR count). The Hall–Kier alpha value is -3.42. The summed E-state index contributed by atoms with van der Waals surface area (Å²) in [5.74, 6) is -2.27. The van der Waals surface area contributed by atoms with Crippen molar-refractivity contribution in [2.24, 2.45) is 0 Å². The van der Waals surface area contributed by atoms with Gasteiger partial charge >= 0.3 is 18.0 Å². The van der Waals surface area contributed by atoms with Crippen LogP contribution in [0.2, 0.25) is 0 Å². The number of carboxylic acid groups (broad SMARTS) is 1. The second kappa shape index (κ2) is 7.86. The number of hydrogen-bond acceptors (Lipinski definition) is 6. The summed E-state index contributed by atoms with van der Waals surface area (Å²) < 4.78 is 9.84. The van der Waals surface area contributed by atoms with Crippen LogP contribution in [0.25, 0.3) is 11.3 Å². The first-order valence-electron chi connectivity index (χ1n) is 8.04. The van der Waals surface area contributed by atoms with Gasteiger partial charge in [0.05, 0.1) is 24.1 Å². The highest BCUT2D eigenvalue weighted by Gasteiger charge is 2.25. The molecule has 0 bridgehead atoms. The van der Waals surface area contributed by atoms with Crippen LogP contribution in [0.5, 0.6) is 0 Å². The Labute approximate surface area is 156 Å². The van der Waals surface area contributed by atoms with Gasteiger partial charge < -0.3 is 14.6 Å². The van der Waals surface area contributed by atoms with Gasteiger partial charge in [0.15, 0.2) is 5.69 Å². The molecule has 8 nitrogen and oxygen atoms in total. The molecular weight excluding hydrogens is 352 g/mol. The summed E-state index contributed by atoms with van der Waals surface area (Å²) in [6.07, 6.45) is -0.774. The maximum absolute atomic E-state index is 12.2. The molecule has 0 atom stereocenters. The minimum atomic E-state index is -1.38. The van der Waals surface area contributed by atoms with E-state index in [2.05, 4.69) is 15.0 Å². The van der Waals surface area contributed by atoms with E-state index in [1.54, 1.807) is 51.1 Å². The van der Waals surface area contributed by atoms with Crippen LogP contribution >= 0.6 is 0 Å². The number of methoxy groups -OCH3 is 1. The van der Waals surface area contributed by atoms with E-state index < -0.39 is 29.2 Å². The van der Waals surface area contributed by atoms with Crippen molar-refractivity contribution in [1.29, 1.82) is 0 Å². The Morgan fingerprint density at radius 3 is 2.26 bits per heavy atom. The van der Waals surface area contributed by atoms with Crippen LogP contribution in [0.15, 0.2) is 36.4 Å². The normalized spacial score (nSPS) is 10.8. The summed E-state index contributed by atoms with van der Waals surface area (Å²) in [6.45, 7) is 5.10. The molecule has 0 aliphatic rings. The molecule has 0 fully saturated rings. The Kier molecular flexibility index (Phi) is 5.79. The molecule has 0 aliphatic heterocycles. The van der Waals surface area contributed by atoms with Crippen LogP contribution in [-0.4, -0.2) is 40.8 Å². The molecule has 142 valence electrons. The molecule has 8 heteroatoms. The predicted octanol–water partition coefficient (Wildman–Crippen LogP) is 3.58. The van der Waals surface area contributed by atoms with E-state index in [1.807, 2.05) is 0 Å². The lowest BCUT2D eigenvalue weighted by Gasteiger charge is -2.20. The van der Waals surface area contributed by atoms with Gasteiger partial charge in [-0.2, -0.15) is 0 Å². The Morgan fingerprint density at radius 2 is 1.74 bits per heavy atom. The van der Waals surface area contributed by atoms with Gasteiger partial charge in [-0.1, -0.05) is 30.3 Å². The molecule has 2 N–H and O–H groups in total. The van der Waals surface area contributed by atoms with Crippen molar-refractivity contribution in [2.45, 2.75) is 26.4 Å². The highest BCUT2D eigenvalue weighted by atomic mass is 16.6. The molecule has 0 saturated carbocycles. The summed E-state index contributed by atoms with van der Waals surface area (Å²) in [5.41, 5.74) is -0.615. The summed E-state index contributed by atoms with van der Waals surface area (Å²) in [4.78, 5) is 39.9. The number of amides is 1. The first-order valence-corrected chi connectivity index (χ1v) is 8.04. The summed E-state index contributed by atoms with van der Waals surface area (Å²) in [6, 6.07) is 9.87. The van der Waals surface area contributed by atoms with E-state index in [1.165, 1.54) is 0 Å². The van der Waals surface area contributed by atoms with E-state index in [0.29, 0.717) is 5.56 Å². The molecule has 27 heavy (non-hydrogen) atoms. The third-order valence-electron chi connectivity index (χ3n) is 3.31. The van der Waals surface area contributed by atoms with Crippen LogP contribution in [0.3, 0.4) is 0 Å². The van der Waals surface area contributed by atoms with Crippen molar-refractivity contribution in [1.82, 2.24) is 4.98 Å². The zero-order valence-electron chi connectivity index (χ0n) is 15.4. The number of rotatable bonds is 4. The van der Waals surface area contributed by atoms with E-state index in [4.69, 9.17) is 4.74 Å². The minimum Gasteiger partial charge on any atom is -0.478 e. The molecule has 1 amide bonds. The number of hydrogen-bond donors (Lipinski definition) is 2. The highest BCUT2D eigenvalue weighted by Crippen LogP contribution is 2.29. The molecule has 0 saturated heterocycles. The van der Waals surface area contributed by atoms with Crippen molar-refractivity contribution in [2.75, 3.05) is 12.4 Å². The number of aromatic nitrogens is 1. The average Bonchev–Trinajstić information content (AvgIpc) is 2.59. The molecule has 0 radical (unpaired) electrons. The zero-order valence-corrected chi connectivity index (χ0v) is 15.4. The molecule has 1 aromatic carbocycles. The van der Waals surface area contributed by atoms with Gasteiger partial charge in [0, 0.05) is 5.56 Å². The topological polar surface area (TPSA) is 115 Å². The van der Waals surface area contributed by atoms with Crippen LogP contribution in [0.1, 0.15) is 41.6 Å². The smallest absolute Gasteiger partial charge is 0.412 e. The number of benzene rings is 1. The number of anilines is 1. The van der Waals surface area contributed by atoms with Gasteiger partial charge in [-0.25, -0.2) is 19.4 Å². The molecule has 0 aliphatic carbocycles. The summed E-state index contributed by atoms with van der Waals surface area (Å²) in [5, 5.41) is 11.9.